The summed E-state index contributed by atoms with van der Waals surface area (Å²) in [5.74, 6) is 0.548. The van der Waals surface area contributed by atoms with Crippen LogP contribution in [0.25, 0.3) is 0 Å². The molecule has 0 atom stereocenters. The minimum Gasteiger partial charge on any atom is -0.291 e. The highest BCUT2D eigenvalue weighted by molar-refractivity contribution is 6.30. The lowest BCUT2D eigenvalue weighted by Crippen LogP contribution is -2.01. The van der Waals surface area contributed by atoms with E-state index in [4.69, 9.17) is 11.6 Å². The molecule has 0 aromatic carbocycles. The van der Waals surface area contributed by atoms with Gasteiger partial charge >= 0.3 is 0 Å². The highest BCUT2D eigenvalue weighted by atomic mass is 35.5. The highest BCUT2D eigenvalue weighted by Crippen LogP contribution is 2.30. The standard InChI is InChI=1S/C8H10ClN3O/c9-3-8(13)7-5-12(11-10-7)4-6-1-2-6/h5-6H,1-4H2. The van der Waals surface area contributed by atoms with Gasteiger partial charge in [-0.15, -0.1) is 16.7 Å². The Morgan fingerprint density at radius 2 is 2.46 bits per heavy atom. The fraction of sp³-hybridized carbons (Fsp3) is 0.625. The molecule has 5 heteroatoms. The molecule has 0 spiro atoms. The van der Waals surface area contributed by atoms with E-state index in [0.717, 1.165) is 12.5 Å². The first-order valence-electron chi connectivity index (χ1n) is 4.29. The van der Waals surface area contributed by atoms with Gasteiger partial charge in [0.15, 0.2) is 5.78 Å². The van der Waals surface area contributed by atoms with Crippen LogP contribution >= 0.6 is 11.6 Å². The predicted octanol–water partition coefficient (Wildman–Crippen LogP) is 1.11. The summed E-state index contributed by atoms with van der Waals surface area (Å²) in [6, 6.07) is 0. The first kappa shape index (κ1) is 8.69. The van der Waals surface area contributed by atoms with Crippen LogP contribution in [0.4, 0.5) is 0 Å². The maximum atomic E-state index is 11.1. The molecule has 0 N–H and O–H groups in total. The quantitative estimate of drug-likeness (QED) is 0.539. The van der Waals surface area contributed by atoms with Crippen LogP contribution < -0.4 is 0 Å². The van der Waals surface area contributed by atoms with Crippen molar-refractivity contribution in [3.05, 3.63) is 11.9 Å². The van der Waals surface area contributed by atoms with Crippen molar-refractivity contribution in [2.75, 3.05) is 5.88 Å². The van der Waals surface area contributed by atoms with Crippen molar-refractivity contribution < 1.29 is 4.79 Å². The Bertz CT molecular complexity index is 319. The van der Waals surface area contributed by atoms with E-state index in [1.165, 1.54) is 12.8 Å². The summed E-state index contributed by atoms with van der Waals surface area (Å²) in [4.78, 5) is 11.1. The van der Waals surface area contributed by atoms with Crippen LogP contribution in [0.1, 0.15) is 23.3 Å². The Morgan fingerprint density at radius 1 is 1.69 bits per heavy atom. The summed E-state index contributed by atoms with van der Waals surface area (Å²) >= 11 is 5.39. The number of Topliss-reactive ketones (excluding diaryl/α,β-unsaturated/α-hetero) is 1. The number of hydrogen-bond acceptors (Lipinski definition) is 3. The van der Waals surface area contributed by atoms with Gasteiger partial charge < -0.3 is 0 Å². The molecule has 13 heavy (non-hydrogen) atoms. The number of ketones is 1. The maximum Gasteiger partial charge on any atom is 0.199 e. The molecule has 1 aromatic rings. The fourth-order valence-corrected chi connectivity index (χ4v) is 1.29. The highest BCUT2D eigenvalue weighted by Gasteiger charge is 2.22. The molecule has 0 aliphatic heterocycles. The molecule has 1 heterocycles. The van der Waals surface area contributed by atoms with Crippen molar-refractivity contribution in [2.45, 2.75) is 19.4 Å². The summed E-state index contributed by atoms with van der Waals surface area (Å²) in [5.41, 5.74) is 0.371. The SMILES string of the molecule is O=C(CCl)c1cn(CC2CC2)nn1. The molecule has 0 saturated heterocycles. The summed E-state index contributed by atoms with van der Waals surface area (Å²) in [6.07, 6.45) is 4.19. The van der Waals surface area contributed by atoms with Crippen LogP contribution in [0.15, 0.2) is 6.20 Å². The molecule has 1 aliphatic carbocycles. The van der Waals surface area contributed by atoms with Gasteiger partial charge in [-0.1, -0.05) is 5.21 Å². The Hall–Kier alpha value is -0.900. The Labute approximate surface area is 80.9 Å². The average Bonchev–Trinajstić information content (AvgIpc) is 2.81. The second-order valence-corrected chi connectivity index (χ2v) is 3.59. The first-order valence-corrected chi connectivity index (χ1v) is 4.82. The zero-order valence-electron chi connectivity index (χ0n) is 7.11. The number of nitrogens with zero attached hydrogens (tertiary/aromatic N) is 3. The van der Waals surface area contributed by atoms with Gasteiger partial charge in [-0.3, -0.25) is 9.48 Å². The number of hydrogen-bond donors (Lipinski definition) is 0. The van der Waals surface area contributed by atoms with Crippen molar-refractivity contribution >= 4 is 17.4 Å². The molecule has 1 aliphatic rings. The number of carbonyl (C=O) groups excluding carboxylic acids is 1. The number of alkyl halides is 1. The summed E-state index contributed by atoms with van der Waals surface area (Å²) < 4.78 is 1.72. The second kappa shape index (κ2) is 3.46. The van der Waals surface area contributed by atoms with E-state index in [1.54, 1.807) is 10.9 Å². The summed E-state index contributed by atoms with van der Waals surface area (Å²) in [7, 11) is 0. The van der Waals surface area contributed by atoms with Crippen LogP contribution in [0.5, 0.6) is 0 Å². The third-order valence-corrected chi connectivity index (χ3v) is 2.33. The molecular weight excluding hydrogens is 190 g/mol. The smallest absolute Gasteiger partial charge is 0.199 e. The van der Waals surface area contributed by atoms with Gasteiger partial charge in [0.2, 0.25) is 0 Å². The number of aromatic nitrogens is 3. The molecule has 4 nitrogen and oxygen atoms in total. The summed E-state index contributed by atoms with van der Waals surface area (Å²) in [5, 5.41) is 7.60. The Morgan fingerprint density at radius 3 is 3.08 bits per heavy atom. The first-order chi connectivity index (χ1) is 6.29. The lowest BCUT2D eigenvalue weighted by Gasteiger charge is -1.93. The van der Waals surface area contributed by atoms with E-state index in [9.17, 15) is 4.79 Å². The van der Waals surface area contributed by atoms with Gasteiger partial charge in [0, 0.05) is 6.54 Å². The normalized spacial score (nSPS) is 16.1. The topological polar surface area (TPSA) is 47.8 Å². The van der Waals surface area contributed by atoms with Gasteiger partial charge in [-0.05, 0) is 18.8 Å². The van der Waals surface area contributed by atoms with E-state index in [1.807, 2.05) is 0 Å². The van der Waals surface area contributed by atoms with Gasteiger partial charge in [-0.25, -0.2) is 0 Å². The minimum absolute atomic E-state index is 0.0257. The second-order valence-electron chi connectivity index (χ2n) is 3.33. The van der Waals surface area contributed by atoms with E-state index >= 15 is 0 Å². The van der Waals surface area contributed by atoms with E-state index in [2.05, 4.69) is 10.3 Å². The third-order valence-electron chi connectivity index (χ3n) is 2.09. The Kier molecular flexibility index (Phi) is 2.31. The van der Waals surface area contributed by atoms with Crippen molar-refractivity contribution in [3.8, 4) is 0 Å². The number of halogens is 1. The fourth-order valence-electron chi connectivity index (χ4n) is 1.15. The van der Waals surface area contributed by atoms with E-state index in [-0.39, 0.29) is 11.7 Å². The molecule has 0 unspecified atom stereocenters. The van der Waals surface area contributed by atoms with Crippen LogP contribution in [0.3, 0.4) is 0 Å². The molecule has 0 amide bonds. The average molecular weight is 200 g/mol. The lowest BCUT2D eigenvalue weighted by atomic mass is 10.3. The molecule has 1 saturated carbocycles. The molecule has 1 fully saturated rings. The van der Waals surface area contributed by atoms with Crippen LogP contribution in [-0.2, 0) is 6.54 Å². The predicted molar refractivity (Wildman–Crippen MR) is 47.8 cm³/mol. The van der Waals surface area contributed by atoms with Gasteiger partial charge in [0.05, 0.1) is 12.1 Å². The van der Waals surface area contributed by atoms with E-state index < -0.39 is 0 Å². The number of carbonyl (C=O) groups is 1. The van der Waals surface area contributed by atoms with Crippen LogP contribution in [0.2, 0.25) is 0 Å². The van der Waals surface area contributed by atoms with Gasteiger partial charge in [0.25, 0.3) is 0 Å². The van der Waals surface area contributed by atoms with Crippen molar-refractivity contribution in [3.63, 3.8) is 0 Å². The molecule has 70 valence electrons. The van der Waals surface area contributed by atoms with Gasteiger partial charge in [-0.2, -0.15) is 0 Å². The zero-order valence-corrected chi connectivity index (χ0v) is 7.87. The Balaban J connectivity index is 2.03. The number of rotatable bonds is 4. The van der Waals surface area contributed by atoms with Crippen LogP contribution in [-0.4, -0.2) is 26.7 Å². The largest absolute Gasteiger partial charge is 0.291 e. The molecule has 1 aromatic heterocycles. The van der Waals surface area contributed by atoms with Gasteiger partial charge in [0.1, 0.15) is 5.69 Å². The van der Waals surface area contributed by atoms with E-state index in [0.29, 0.717) is 5.69 Å². The van der Waals surface area contributed by atoms with Crippen molar-refractivity contribution in [1.29, 1.82) is 0 Å². The lowest BCUT2D eigenvalue weighted by molar-refractivity contribution is 0.101. The molecular formula is C8H10ClN3O. The summed E-state index contributed by atoms with van der Waals surface area (Å²) in [6.45, 7) is 0.878. The third kappa shape index (κ3) is 2.06. The maximum absolute atomic E-state index is 11.1. The molecule has 0 bridgehead atoms. The molecule has 2 rings (SSSR count). The zero-order chi connectivity index (χ0) is 9.26. The minimum atomic E-state index is -0.163. The van der Waals surface area contributed by atoms with Crippen molar-refractivity contribution in [2.24, 2.45) is 5.92 Å². The monoisotopic (exact) mass is 199 g/mol. The van der Waals surface area contributed by atoms with Crippen molar-refractivity contribution in [1.82, 2.24) is 15.0 Å². The van der Waals surface area contributed by atoms with Crippen LogP contribution in [0, 0.1) is 5.92 Å². The molecule has 0 radical (unpaired) electrons.